The largest absolute Gasteiger partial charge is 0.394 e. The fraction of sp³-hybridized carbons (Fsp3) is 0.480. The summed E-state index contributed by atoms with van der Waals surface area (Å²) in [5.41, 5.74) is 8.17. The van der Waals surface area contributed by atoms with Gasteiger partial charge < -0.3 is 35.5 Å². The lowest BCUT2D eigenvalue weighted by Gasteiger charge is -2.30. The summed E-state index contributed by atoms with van der Waals surface area (Å²) in [4.78, 5) is 12.6. The number of carbonyl (C=O) groups is 1. The molecule has 6 atom stereocenters. The highest BCUT2D eigenvalue weighted by Gasteiger charge is 2.29. The number of nitrogens with two attached hydrogens (primary N) is 1. The molecule has 0 radical (unpaired) electrons. The van der Waals surface area contributed by atoms with E-state index in [1.165, 1.54) is 6.92 Å². The van der Waals surface area contributed by atoms with Crippen molar-refractivity contribution in [3.63, 3.8) is 0 Å². The monoisotopic (exact) mass is 460 g/mol. The van der Waals surface area contributed by atoms with Gasteiger partial charge in [-0.3, -0.25) is 4.79 Å². The summed E-state index contributed by atoms with van der Waals surface area (Å²) in [6.07, 6.45) is -4.31. The van der Waals surface area contributed by atoms with E-state index in [1.54, 1.807) is 6.92 Å². The summed E-state index contributed by atoms with van der Waals surface area (Å²) in [6, 6.07) is 19.2. The van der Waals surface area contributed by atoms with Crippen LogP contribution in [0.5, 0.6) is 0 Å². The zero-order chi connectivity index (χ0) is 24.2. The molecule has 0 fully saturated rings. The second-order valence-corrected chi connectivity index (χ2v) is 8.10. The third kappa shape index (κ3) is 9.59. The first kappa shape index (κ1) is 26.9. The summed E-state index contributed by atoms with van der Waals surface area (Å²) < 4.78 is 17.2. The number of rotatable bonds is 14. The van der Waals surface area contributed by atoms with Gasteiger partial charge in [-0.25, -0.2) is 0 Å². The summed E-state index contributed by atoms with van der Waals surface area (Å²) >= 11 is 0. The Kier molecular flexibility index (Phi) is 11.5. The fourth-order valence-electron chi connectivity index (χ4n) is 3.19. The van der Waals surface area contributed by atoms with Crippen LogP contribution in [0.2, 0.25) is 0 Å². The Morgan fingerprint density at radius 3 is 2.09 bits per heavy atom. The second-order valence-electron chi connectivity index (χ2n) is 8.10. The smallest absolute Gasteiger partial charge is 0.249 e. The van der Waals surface area contributed by atoms with Gasteiger partial charge in [0.1, 0.15) is 12.2 Å². The summed E-state index contributed by atoms with van der Waals surface area (Å²) in [5, 5.41) is 22.3. The highest BCUT2D eigenvalue weighted by molar-refractivity contribution is 5.80. The molecule has 0 aliphatic carbocycles. The molecule has 0 saturated carbocycles. The number of aliphatic hydroxyl groups is 2. The number of carbonyl (C=O) groups excluding carboxylic acids is 1. The number of aliphatic hydroxyl groups excluding tert-OH is 2. The predicted octanol–water partition coefficient (Wildman–Crippen LogP) is 1.72. The van der Waals surface area contributed by atoms with E-state index in [4.69, 9.17) is 19.9 Å². The van der Waals surface area contributed by atoms with Crippen molar-refractivity contribution >= 4 is 5.91 Å². The molecule has 8 heteroatoms. The van der Waals surface area contributed by atoms with Crippen molar-refractivity contribution in [1.82, 2.24) is 5.32 Å². The molecule has 5 N–H and O–H groups in total. The highest BCUT2D eigenvalue weighted by atomic mass is 16.7. The molecule has 33 heavy (non-hydrogen) atoms. The van der Waals surface area contributed by atoms with Gasteiger partial charge in [-0.1, -0.05) is 60.7 Å². The van der Waals surface area contributed by atoms with E-state index in [0.717, 1.165) is 11.1 Å². The van der Waals surface area contributed by atoms with Gasteiger partial charge in [0.25, 0.3) is 0 Å². The van der Waals surface area contributed by atoms with Crippen LogP contribution >= 0.6 is 0 Å². The normalized spacial score (nSPS) is 16.9. The third-order valence-electron chi connectivity index (χ3n) is 5.06. The van der Waals surface area contributed by atoms with Crippen molar-refractivity contribution in [1.29, 1.82) is 0 Å². The lowest BCUT2D eigenvalue weighted by Crippen LogP contribution is -2.50. The molecule has 0 aromatic heterocycles. The molecule has 0 heterocycles. The molecule has 0 aliphatic rings. The van der Waals surface area contributed by atoms with Crippen molar-refractivity contribution in [3.05, 3.63) is 71.8 Å². The van der Waals surface area contributed by atoms with Gasteiger partial charge in [0.05, 0.1) is 19.3 Å². The second kappa shape index (κ2) is 14.0. The van der Waals surface area contributed by atoms with E-state index in [9.17, 15) is 15.0 Å². The Bertz CT molecular complexity index is 805. The quantitative estimate of drug-likeness (QED) is 0.317. The van der Waals surface area contributed by atoms with Gasteiger partial charge >= 0.3 is 0 Å². The highest BCUT2D eigenvalue weighted by Crippen LogP contribution is 2.13. The van der Waals surface area contributed by atoms with E-state index < -0.39 is 37.4 Å². The van der Waals surface area contributed by atoms with Gasteiger partial charge in [0.2, 0.25) is 5.91 Å². The Hall–Kier alpha value is -2.33. The van der Waals surface area contributed by atoms with Gasteiger partial charge in [0, 0.05) is 6.04 Å². The SMILES string of the molecule is C[C@H](O)C(CO)OC(OCc1ccccc1)[C@@H](N)O[C@H](C)C(=O)N[C@@H](C)Cc1ccccc1. The van der Waals surface area contributed by atoms with Crippen molar-refractivity contribution in [2.24, 2.45) is 5.73 Å². The van der Waals surface area contributed by atoms with Crippen LogP contribution in [0.15, 0.2) is 60.7 Å². The predicted molar refractivity (Wildman–Crippen MR) is 125 cm³/mol. The Morgan fingerprint density at radius 1 is 0.970 bits per heavy atom. The summed E-state index contributed by atoms with van der Waals surface area (Å²) in [6.45, 7) is 4.75. The van der Waals surface area contributed by atoms with Gasteiger partial charge in [0.15, 0.2) is 12.5 Å². The summed E-state index contributed by atoms with van der Waals surface area (Å²) in [5.74, 6) is -0.315. The number of benzene rings is 2. The first-order chi connectivity index (χ1) is 15.8. The number of ether oxygens (including phenoxy) is 3. The zero-order valence-corrected chi connectivity index (χ0v) is 19.5. The van der Waals surface area contributed by atoms with Crippen molar-refractivity contribution in [2.75, 3.05) is 6.61 Å². The number of nitrogens with one attached hydrogen (secondary N) is 1. The molecule has 0 bridgehead atoms. The van der Waals surface area contributed by atoms with Crippen LogP contribution in [-0.4, -0.2) is 59.6 Å². The van der Waals surface area contributed by atoms with Crippen LogP contribution < -0.4 is 11.1 Å². The van der Waals surface area contributed by atoms with E-state index >= 15 is 0 Å². The van der Waals surface area contributed by atoms with Crippen LogP contribution in [0.3, 0.4) is 0 Å². The molecule has 2 unspecified atom stereocenters. The first-order valence-corrected chi connectivity index (χ1v) is 11.2. The van der Waals surface area contributed by atoms with E-state index in [0.29, 0.717) is 6.42 Å². The van der Waals surface area contributed by atoms with Crippen LogP contribution in [-0.2, 0) is 32.0 Å². The van der Waals surface area contributed by atoms with Crippen LogP contribution in [0.25, 0.3) is 0 Å². The molecule has 2 aromatic rings. The molecule has 0 aliphatic heterocycles. The molecule has 8 nitrogen and oxygen atoms in total. The zero-order valence-electron chi connectivity index (χ0n) is 19.5. The number of hydrogen-bond acceptors (Lipinski definition) is 7. The Balaban J connectivity index is 1.95. The maximum Gasteiger partial charge on any atom is 0.249 e. The lowest BCUT2D eigenvalue weighted by molar-refractivity contribution is -0.252. The Labute approximate surface area is 195 Å². The third-order valence-corrected chi connectivity index (χ3v) is 5.06. The Morgan fingerprint density at radius 2 is 1.55 bits per heavy atom. The van der Waals surface area contributed by atoms with Crippen LogP contribution in [0, 0.1) is 0 Å². The average Bonchev–Trinajstić information content (AvgIpc) is 2.80. The maximum absolute atomic E-state index is 12.6. The minimum atomic E-state index is -1.13. The van der Waals surface area contributed by atoms with Crippen LogP contribution in [0.1, 0.15) is 31.9 Å². The fourth-order valence-corrected chi connectivity index (χ4v) is 3.19. The van der Waals surface area contributed by atoms with Gasteiger partial charge in [-0.15, -0.1) is 0 Å². The molecule has 1 amide bonds. The van der Waals surface area contributed by atoms with Crippen molar-refractivity contribution in [3.8, 4) is 0 Å². The molecule has 0 saturated heterocycles. The maximum atomic E-state index is 12.6. The van der Waals surface area contributed by atoms with E-state index in [1.807, 2.05) is 67.6 Å². The minimum absolute atomic E-state index is 0.0995. The first-order valence-electron chi connectivity index (χ1n) is 11.2. The number of hydrogen-bond donors (Lipinski definition) is 4. The van der Waals surface area contributed by atoms with Gasteiger partial charge in [-0.05, 0) is 38.3 Å². The van der Waals surface area contributed by atoms with Gasteiger partial charge in [-0.2, -0.15) is 0 Å². The molecule has 2 aromatic carbocycles. The molecule has 0 spiro atoms. The molecular weight excluding hydrogens is 424 g/mol. The molecule has 2 rings (SSSR count). The van der Waals surface area contributed by atoms with E-state index in [2.05, 4.69) is 5.32 Å². The lowest BCUT2D eigenvalue weighted by atomic mass is 10.1. The number of amides is 1. The summed E-state index contributed by atoms with van der Waals surface area (Å²) in [7, 11) is 0. The van der Waals surface area contributed by atoms with E-state index in [-0.39, 0.29) is 18.6 Å². The van der Waals surface area contributed by atoms with Crippen molar-refractivity contribution < 1.29 is 29.2 Å². The molecular formula is C25H36N2O6. The standard InChI is InChI=1S/C25H36N2O6/c1-17(14-20-10-6-4-7-11-20)27-24(30)19(3)32-23(26)25(33-22(15-28)18(2)29)31-16-21-12-8-5-9-13-21/h4-13,17-19,22-23,25,28-29H,14-16,26H2,1-3H3,(H,27,30)/t17-,18-,19+,22?,23-,25?/m0/s1. The molecule has 182 valence electrons. The average molecular weight is 461 g/mol. The van der Waals surface area contributed by atoms with Crippen molar-refractivity contribution in [2.45, 2.75) is 70.7 Å². The van der Waals surface area contributed by atoms with Crippen LogP contribution in [0.4, 0.5) is 0 Å². The topological polar surface area (TPSA) is 123 Å². The minimum Gasteiger partial charge on any atom is -0.394 e.